The molecule has 3 N–H and O–H groups in total. The summed E-state index contributed by atoms with van der Waals surface area (Å²) < 4.78 is 0. The van der Waals surface area contributed by atoms with Crippen molar-refractivity contribution in [3.63, 3.8) is 0 Å². The molecule has 6 heteroatoms. The Morgan fingerprint density at radius 2 is 2.10 bits per heavy atom. The molecule has 1 fully saturated rings. The van der Waals surface area contributed by atoms with E-state index in [0.717, 1.165) is 43.7 Å². The van der Waals surface area contributed by atoms with Crippen LogP contribution in [0.1, 0.15) is 58.4 Å². The van der Waals surface area contributed by atoms with Crippen LogP contribution in [0, 0.1) is 5.92 Å². The topological polar surface area (TPSA) is 68.8 Å². The predicted octanol–water partition coefficient (Wildman–Crippen LogP) is 3.18. The average molecular weight is 400 g/mol. The van der Waals surface area contributed by atoms with Gasteiger partial charge in [0.05, 0.1) is 6.54 Å². The highest BCUT2D eigenvalue weighted by atomic mass is 16.1. The van der Waals surface area contributed by atoms with Gasteiger partial charge in [-0.15, -0.1) is 0 Å². The van der Waals surface area contributed by atoms with Crippen molar-refractivity contribution in [2.45, 2.75) is 58.4 Å². The van der Waals surface area contributed by atoms with Crippen molar-refractivity contribution >= 4 is 17.6 Å². The molecule has 2 atom stereocenters. The van der Waals surface area contributed by atoms with Crippen molar-refractivity contribution in [1.82, 2.24) is 15.5 Å². The number of anilines is 1. The number of carbonyl (C=O) groups is 1. The Morgan fingerprint density at radius 1 is 1.31 bits per heavy atom. The highest BCUT2D eigenvalue weighted by Crippen LogP contribution is 2.31. The van der Waals surface area contributed by atoms with Crippen molar-refractivity contribution in [2.24, 2.45) is 10.9 Å². The molecule has 0 aromatic heterocycles. The number of fused-ring (bicyclic) bond motifs is 1. The molecule has 1 aromatic rings. The Kier molecular flexibility index (Phi) is 7.17. The van der Waals surface area contributed by atoms with Gasteiger partial charge in [0, 0.05) is 43.2 Å². The zero-order valence-electron chi connectivity index (χ0n) is 18.4. The van der Waals surface area contributed by atoms with Crippen LogP contribution in [0.2, 0.25) is 0 Å². The summed E-state index contributed by atoms with van der Waals surface area (Å²) in [6, 6.07) is 8.07. The summed E-state index contributed by atoms with van der Waals surface area (Å²) >= 11 is 0. The lowest BCUT2D eigenvalue weighted by Crippen LogP contribution is -2.51. The Bertz CT molecular complexity index is 730. The summed E-state index contributed by atoms with van der Waals surface area (Å²) in [5, 5.41) is 9.81. The second-order valence-electron chi connectivity index (χ2n) is 9.12. The first-order valence-corrected chi connectivity index (χ1v) is 11.0. The fraction of sp³-hybridized carbons (Fsp3) is 0.652. The third kappa shape index (κ3) is 5.72. The number of amides is 1. The number of aliphatic imine (C=N–C) groups is 1. The largest absolute Gasteiger partial charge is 0.357 e. The zero-order chi connectivity index (χ0) is 20.9. The standard InChI is InChI=1S/C23H37N5O/c1-5-24-22(26-16-23(3,4)28-12-8-9-17(2)15-28)25-14-18-13-21(29)27-20-11-7-6-10-19(18)20/h6-7,10-11,17-18H,5,8-9,12-16H2,1-4H3,(H,27,29)(H2,24,25,26). The van der Waals surface area contributed by atoms with Crippen molar-refractivity contribution in [2.75, 3.05) is 38.0 Å². The molecule has 0 bridgehead atoms. The molecule has 0 saturated carbocycles. The molecule has 1 saturated heterocycles. The fourth-order valence-electron chi connectivity index (χ4n) is 4.36. The van der Waals surface area contributed by atoms with Gasteiger partial charge in [-0.05, 0) is 57.7 Å². The van der Waals surface area contributed by atoms with Gasteiger partial charge in [-0.25, -0.2) is 0 Å². The lowest BCUT2D eigenvalue weighted by molar-refractivity contribution is -0.116. The monoisotopic (exact) mass is 399 g/mol. The first kappa shape index (κ1) is 21.6. The van der Waals surface area contributed by atoms with E-state index in [1.54, 1.807) is 0 Å². The Balaban J connectivity index is 1.63. The van der Waals surface area contributed by atoms with E-state index in [2.05, 4.69) is 54.6 Å². The summed E-state index contributed by atoms with van der Waals surface area (Å²) in [7, 11) is 0. The molecule has 1 aromatic carbocycles. The molecular weight excluding hydrogens is 362 g/mol. The van der Waals surface area contributed by atoms with Gasteiger partial charge in [0.15, 0.2) is 5.96 Å². The Morgan fingerprint density at radius 3 is 2.86 bits per heavy atom. The number of carbonyl (C=O) groups excluding carboxylic acids is 1. The molecule has 0 radical (unpaired) electrons. The summed E-state index contributed by atoms with van der Waals surface area (Å²) in [6.45, 7) is 13.6. The summed E-state index contributed by atoms with van der Waals surface area (Å²) in [5.74, 6) is 1.82. The first-order valence-electron chi connectivity index (χ1n) is 11.0. The molecule has 2 heterocycles. The van der Waals surface area contributed by atoms with Crippen LogP contribution in [0.5, 0.6) is 0 Å². The highest BCUT2D eigenvalue weighted by molar-refractivity contribution is 5.94. The second kappa shape index (κ2) is 9.61. The first-order chi connectivity index (χ1) is 13.9. The van der Waals surface area contributed by atoms with E-state index in [4.69, 9.17) is 4.99 Å². The summed E-state index contributed by atoms with van der Waals surface area (Å²) in [6.07, 6.45) is 3.10. The van der Waals surface area contributed by atoms with Crippen LogP contribution in [0.3, 0.4) is 0 Å². The maximum absolute atomic E-state index is 12.1. The number of nitrogens with one attached hydrogen (secondary N) is 3. The Hall–Kier alpha value is -2.08. The number of nitrogens with zero attached hydrogens (tertiary/aromatic N) is 2. The molecular formula is C23H37N5O. The van der Waals surface area contributed by atoms with Crippen LogP contribution < -0.4 is 16.0 Å². The van der Waals surface area contributed by atoms with Gasteiger partial charge in [0.1, 0.15) is 0 Å². The van der Waals surface area contributed by atoms with Crippen molar-refractivity contribution in [3.8, 4) is 0 Å². The highest BCUT2D eigenvalue weighted by Gasteiger charge is 2.30. The number of hydrogen-bond donors (Lipinski definition) is 3. The predicted molar refractivity (Wildman–Crippen MR) is 120 cm³/mol. The number of guanidine groups is 1. The lowest BCUT2D eigenvalue weighted by Gasteiger charge is -2.42. The van der Waals surface area contributed by atoms with Crippen LogP contribution in [0.25, 0.3) is 0 Å². The van der Waals surface area contributed by atoms with Gasteiger partial charge in [-0.1, -0.05) is 25.1 Å². The minimum Gasteiger partial charge on any atom is -0.357 e. The molecule has 2 unspecified atom stereocenters. The van der Waals surface area contributed by atoms with Crippen LogP contribution in [-0.4, -0.2) is 55.0 Å². The summed E-state index contributed by atoms with van der Waals surface area (Å²) in [4.78, 5) is 19.6. The molecule has 2 aliphatic heterocycles. The Labute approximate surface area is 175 Å². The minimum absolute atomic E-state index is 0.0361. The number of para-hydroxylation sites is 1. The molecule has 3 rings (SSSR count). The van der Waals surface area contributed by atoms with Gasteiger partial charge in [0.2, 0.25) is 5.91 Å². The molecule has 0 spiro atoms. The molecule has 160 valence electrons. The van der Waals surface area contributed by atoms with Gasteiger partial charge in [-0.2, -0.15) is 0 Å². The quantitative estimate of drug-likeness (QED) is 0.508. The molecule has 0 aliphatic carbocycles. The van der Waals surface area contributed by atoms with Crippen LogP contribution >= 0.6 is 0 Å². The van der Waals surface area contributed by atoms with Crippen molar-refractivity contribution in [1.29, 1.82) is 0 Å². The van der Waals surface area contributed by atoms with Gasteiger partial charge in [-0.3, -0.25) is 14.7 Å². The molecule has 6 nitrogen and oxygen atoms in total. The van der Waals surface area contributed by atoms with Crippen LogP contribution in [-0.2, 0) is 4.79 Å². The van der Waals surface area contributed by atoms with E-state index in [1.807, 2.05) is 18.2 Å². The number of benzene rings is 1. The van der Waals surface area contributed by atoms with Crippen LogP contribution in [0.15, 0.2) is 29.3 Å². The van der Waals surface area contributed by atoms with Crippen LogP contribution in [0.4, 0.5) is 5.69 Å². The van der Waals surface area contributed by atoms with Crippen molar-refractivity contribution < 1.29 is 4.79 Å². The van der Waals surface area contributed by atoms with Gasteiger partial charge < -0.3 is 16.0 Å². The van der Waals surface area contributed by atoms with E-state index in [9.17, 15) is 4.79 Å². The second-order valence-corrected chi connectivity index (χ2v) is 9.12. The van der Waals surface area contributed by atoms with Gasteiger partial charge in [0.25, 0.3) is 0 Å². The number of piperidine rings is 1. The van der Waals surface area contributed by atoms with E-state index in [1.165, 1.54) is 18.4 Å². The SMILES string of the molecule is CCNC(=NCC(C)(C)N1CCCC(C)C1)NCC1CC(=O)Nc2ccccc21. The average Bonchev–Trinajstić information content (AvgIpc) is 2.69. The smallest absolute Gasteiger partial charge is 0.225 e. The zero-order valence-corrected chi connectivity index (χ0v) is 18.4. The third-order valence-corrected chi connectivity index (χ3v) is 6.10. The van der Waals surface area contributed by atoms with E-state index < -0.39 is 0 Å². The molecule has 29 heavy (non-hydrogen) atoms. The summed E-state index contributed by atoms with van der Waals surface area (Å²) in [5.41, 5.74) is 2.16. The number of hydrogen-bond acceptors (Lipinski definition) is 3. The number of rotatable bonds is 6. The number of likely N-dealkylation sites (tertiary alicyclic amines) is 1. The lowest BCUT2D eigenvalue weighted by atomic mass is 9.90. The maximum atomic E-state index is 12.1. The van der Waals surface area contributed by atoms with E-state index in [0.29, 0.717) is 13.0 Å². The maximum Gasteiger partial charge on any atom is 0.225 e. The van der Waals surface area contributed by atoms with E-state index >= 15 is 0 Å². The third-order valence-electron chi connectivity index (χ3n) is 6.10. The normalized spacial score (nSPS) is 23.3. The van der Waals surface area contributed by atoms with Gasteiger partial charge >= 0.3 is 0 Å². The molecule has 2 aliphatic rings. The van der Waals surface area contributed by atoms with E-state index in [-0.39, 0.29) is 17.4 Å². The minimum atomic E-state index is 0.0361. The fourth-order valence-corrected chi connectivity index (χ4v) is 4.36. The van der Waals surface area contributed by atoms with Crippen molar-refractivity contribution in [3.05, 3.63) is 29.8 Å². The molecule has 1 amide bonds.